The number of benzene rings is 2. The number of hydrogen-bond donors (Lipinski definition) is 2. The van der Waals surface area contributed by atoms with Crippen LogP contribution in [0.3, 0.4) is 0 Å². The highest BCUT2D eigenvalue weighted by Crippen LogP contribution is 2.27. The minimum absolute atomic E-state index is 0.0778. The van der Waals surface area contributed by atoms with E-state index in [-0.39, 0.29) is 33.9 Å². The van der Waals surface area contributed by atoms with Gasteiger partial charge in [-0.3, -0.25) is 4.79 Å². The van der Waals surface area contributed by atoms with Gasteiger partial charge in [-0.1, -0.05) is 0 Å². The summed E-state index contributed by atoms with van der Waals surface area (Å²) < 4.78 is 46.5. The Bertz CT molecular complexity index is 1070. The molecule has 1 amide bonds. The average Bonchev–Trinajstić information content (AvgIpc) is 3.19. The zero-order valence-electron chi connectivity index (χ0n) is 18.8. The third-order valence-electron chi connectivity index (χ3n) is 5.18. The van der Waals surface area contributed by atoms with Crippen LogP contribution in [0.5, 0.6) is 5.75 Å². The van der Waals surface area contributed by atoms with Crippen molar-refractivity contribution in [2.24, 2.45) is 5.92 Å². The molecule has 1 fully saturated rings. The average molecular weight is 464 g/mol. The van der Waals surface area contributed by atoms with Crippen LogP contribution in [-0.4, -0.2) is 46.6 Å². The van der Waals surface area contributed by atoms with Crippen molar-refractivity contribution in [3.63, 3.8) is 0 Å². The number of anilines is 1. The second-order valence-corrected chi connectivity index (χ2v) is 10.7. The molecule has 1 unspecified atom stereocenters. The number of carbonyl (C=O) groups excluding carboxylic acids is 1. The third kappa shape index (κ3) is 5.98. The van der Waals surface area contributed by atoms with E-state index < -0.39 is 15.6 Å². The minimum atomic E-state index is -3.88. The molecular formula is C23H30FN3O4S. The van der Waals surface area contributed by atoms with Gasteiger partial charge in [0.2, 0.25) is 10.0 Å². The first-order valence-corrected chi connectivity index (χ1v) is 12.0. The molecule has 0 bridgehead atoms. The first-order valence-electron chi connectivity index (χ1n) is 10.5. The van der Waals surface area contributed by atoms with Crippen LogP contribution >= 0.6 is 0 Å². The topological polar surface area (TPSA) is 87.7 Å². The van der Waals surface area contributed by atoms with Crippen LogP contribution in [0, 0.1) is 11.7 Å². The molecule has 2 aromatic carbocycles. The Morgan fingerprint density at radius 1 is 1.19 bits per heavy atom. The van der Waals surface area contributed by atoms with Gasteiger partial charge >= 0.3 is 0 Å². The monoisotopic (exact) mass is 463 g/mol. The summed E-state index contributed by atoms with van der Waals surface area (Å²) in [6, 6.07) is 10.7. The number of sulfonamides is 1. The Kier molecular flexibility index (Phi) is 7.09. The first kappa shape index (κ1) is 24.0. The molecule has 2 aromatic rings. The van der Waals surface area contributed by atoms with Gasteiger partial charge in [0.25, 0.3) is 5.91 Å². The highest BCUT2D eigenvalue weighted by molar-refractivity contribution is 7.89. The van der Waals surface area contributed by atoms with Crippen LogP contribution in [-0.2, 0) is 10.0 Å². The van der Waals surface area contributed by atoms with Gasteiger partial charge < -0.3 is 15.0 Å². The fourth-order valence-electron chi connectivity index (χ4n) is 3.71. The maximum Gasteiger partial charge on any atom is 0.251 e. The highest BCUT2D eigenvalue weighted by Gasteiger charge is 2.27. The van der Waals surface area contributed by atoms with Gasteiger partial charge in [0.1, 0.15) is 16.5 Å². The summed E-state index contributed by atoms with van der Waals surface area (Å²) in [6.45, 7) is 7.27. The fourth-order valence-corrected chi connectivity index (χ4v) is 5.33. The highest BCUT2D eigenvalue weighted by atomic mass is 32.2. The van der Waals surface area contributed by atoms with E-state index in [0.29, 0.717) is 6.54 Å². The minimum Gasteiger partial charge on any atom is -0.495 e. The summed E-state index contributed by atoms with van der Waals surface area (Å²) in [6.07, 6.45) is 0.898. The zero-order valence-corrected chi connectivity index (χ0v) is 19.6. The van der Waals surface area contributed by atoms with Crippen molar-refractivity contribution in [3.8, 4) is 5.75 Å². The number of methoxy groups -OCH3 is 1. The first-order chi connectivity index (χ1) is 15.0. The number of amides is 1. The Morgan fingerprint density at radius 2 is 1.88 bits per heavy atom. The Hall–Kier alpha value is -2.65. The molecule has 9 heteroatoms. The van der Waals surface area contributed by atoms with Crippen LogP contribution in [0.4, 0.5) is 10.1 Å². The Morgan fingerprint density at radius 3 is 2.50 bits per heavy atom. The summed E-state index contributed by atoms with van der Waals surface area (Å²) in [5.74, 6) is -0.201. The van der Waals surface area contributed by atoms with Crippen molar-refractivity contribution in [2.45, 2.75) is 37.6 Å². The summed E-state index contributed by atoms with van der Waals surface area (Å²) in [5, 5.41) is 2.90. The van der Waals surface area contributed by atoms with Gasteiger partial charge in [0.15, 0.2) is 0 Å². The molecule has 2 N–H and O–H groups in total. The number of carbonyl (C=O) groups is 1. The third-order valence-corrected chi connectivity index (χ3v) is 6.96. The maximum absolute atomic E-state index is 13.1. The van der Waals surface area contributed by atoms with Crippen LogP contribution in [0.25, 0.3) is 0 Å². The van der Waals surface area contributed by atoms with E-state index in [2.05, 4.69) is 14.9 Å². The molecule has 0 spiro atoms. The van der Waals surface area contributed by atoms with Gasteiger partial charge in [0, 0.05) is 36.4 Å². The van der Waals surface area contributed by atoms with Gasteiger partial charge in [-0.15, -0.1) is 0 Å². The molecule has 174 valence electrons. The fraction of sp³-hybridized carbons (Fsp3) is 0.435. The normalized spacial score (nSPS) is 16.8. The molecule has 1 heterocycles. The number of hydrogen-bond acceptors (Lipinski definition) is 5. The number of nitrogens with one attached hydrogen (secondary N) is 2. The molecule has 1 aliphatic rings. The molecule has 3 rings (SSSR count). The van der Waals surface area contributed by atoms with Crippen molar-refractivity contribution in [1.82, 2.24) is 10.0 Å². The molecule has 1 saturated heterocycles. The second-order valence-electron chi connectivity index (χ2n) is 9.01. The number of nitrogens with zero attached hydrogens (tertiary/aromatic N) is 1. The summed E-state index contributed by atoms with van der Waals surface area (Å²) in [7, 11) is -2.49. The summed E-state index contributed by atoms with van der Waals surface area (Å²) >= 11 is 0. The maximum atomic E-state index is 13.1. The molecule has 0 aromatic heterocycles. The van der Waals surface area contributed by atoms with E-state index in [4.69, 9.17) is 4.74 Å². The van der Waals surface area contributed by atoms with E-state index in [1.807, 2.05) is 0 Å². The van der Waals surface area contributed by atoms with E-state index in [9.17, 15) is 17.6 Å². The lowest BCUT2D eigenvalue weighted by molar-refractivity contribution is 0.0948. The number of halogens is 1. The van der Waals surface area contributed by atoms with Crippen molar-refractivity contribution in [2.75, 3.05) is 31.6 Å². The quantitative estimate of drug-likeness (QED) is 0.659. The smallest absolute Gasteiger partial charge is 0.251 e. The molecule has 0 saturated carbocycles. The second kappa shape index (κ2) is 9.46. The van der Waals surface area contributed by atoms with Crippen molar-refractivity contribution >= 4 is 21.6 Å². The zero-order chi connectivity index (χ0) is 23.5. The van der Waals surface area contributed by atoms with Crippen LogP contribution in [0.2, 0.25) is 0 Å². The van der Waals surface area contributed by atoms with E-state index in [1.165, 1.54) is 31.4 Å². The van der Waals surface area contributed by atoms with Gasteiger partial charge in [-0.05, 0) is 75.6 Å². The molecule has 0 radical (unpaired) electrons. The SMILES string of the molecule is COc1ccc(C(=O)NCC2CCN(c3ccc(F)cc3)C2)cc1S(=O)(=O)NC(C)(C)C. The summed E-state index contributed by atoms with van der Waals surface area (Å²) in [5.41, 5.74) is 0.520. The van der Waals surface area contributed by atoms with E-state index in [0.717, 1.165) is 25.2 Å². The van der Waals surface area contributed by atoms with Crippen LogP contribution in [0.15, 0.2) is 47.4 Å². The predicted molar refractivity (Wildman–Crippen MR) is 122 cm³/mol. The Balaban J connectivity index is 1.66. The molecule has 1 aliphatic heterocycles. The molecular weight excluding hydrogens is 433 g/mol. The number of ether oxygens (including phenoxy) is 1. The lowest BCUT2D eigenvalue weighted by atomic mass is 10.1. The standard InChI is InChI=1S/C23H30FN3O4S/c1-23(2,3)26-32(29,30)21-13-17(5-10-20(21)31-4)22(28)25-14-16-11-12-27(15-16)19-8-6-18(24)7-9-19/h5-10,13,16,26H,11-12,14-15H2,1-4H3,(H,25,28). The Labute approximate surface area is 189 Å². The van der Waals surface area contributed by atoms with Gasteiger partial charge in [-0.25, -0.2) is 17.5 Å². The van der Waals surface area contributed by atoms with Crippen molar-refractivity contribution < 1.29 is 22.3 Å². The molecule has 0 aliphatic carbocycles. The number of rotatable bonds is 7. The van der Waals surface area contributed by atoms with Crippen LogP contribution < -0.4 is 19.7 Å². The van der Waals surface area contributed by atoms with Crippen molar-refractivity contribution in [1.29, 1.82) is 0 Å². The summed E-state index contributed by atoms with van der Waals surface area (Å²) in [4.78, 5) is 14.8. The van der Waals surface area contributed by atoms with E-state index >= 15 is 0 Å². The molecule has 7 nitrogen and oxygen atoms in total. The predicted octanol–water partition coefficient (Wildman–Crippen LogP) is 3.17. The van der Waals surface area contributed by atoms with Gasteiger partial charge in [-0.2, -0.15) is 0 Å². The molecule has 32 heavy (non-hydrogen) atoms. The van der Waals surface area contributed by atoms with Crippen molar-refractivity contribution in [3.05, 3.63) is 53.8 Å². The lowest BCUT2D eigenvalue weighted by Gasteiger charge is -2.21. The van der Waals surface area contributed by atoms with E-state index in [1.54, 1.807) is 39.0 Å². The largest absolute Gasteiger partial charge is 0.495 e. The molecule has 1 atom stereocenters. The van der Waals surface area contributed by atoms with Gasteiger partial charge in [0.05, 0.1) is 7.11 Å². The van der Waals surface area contributed by atoms with Crippen LogP contribution in [0.1, 0.15) is 37.6 Å². The lowest BCUT2D eigenvalue weighted by Crippen LogP contribution is -2.40.